The first-order chi connectivity index (χ1) is 12.5. The quantitative estimate of drug-likeness (QED) is 0.591. The molecule has 1 aromatic carbocycles. The molecule has 0 aliphatic carbocycles. The van der Waals surface area contributed by atoms with Crippen molar-refractivity contribution >= 4 is 45.3 Å². The average Bonchev–Trinajstić information content (AvgIpc) is 3.22. The van der Waals surface area contributed by atoms with Gasteiger partial charge in [-0.2, -0.15) is 10.2 Å². The Balaban J connectivity index is 1.63. The summed E-state index contributed by atoms with van der Waals surface area (Å²) < 4.78 is 4.26. The van der Waals surface area contributed by atoms with Crippen molar-refractivity contribution < 1.29 is 4.79 Å². The van der Waals surface area contributed by atoms with E-state index in [1.807, 2.05) is 43.6 Å². The predicted molar refractivity (Wildman–Crippen MR) is 106 cm³/mol. The van der Waals surface area contributed by atoms with Crippen LogP contribution < -0.4 is 5.32 Å². The lowest BCUT2D eigenvalue weighted by Crippen LogP contribution is -2.09. The van der Waals surface area contributed by atoms with E-state index in [-0.39, 0.29) is 5.91 Å². The fourth-order valence-electron chi connectivity index (χ4n) is 2.31. The Labute approximate surface area is 164 Å². The van der Waals surface area contributed by atoms with Crippen LogP contribution in [0.4, 0.5) is 5.82 Å². The number of rotatable bonds is 6. The van der Waals surface area contributed by atoms with Gasteiger partial charge in [-0.05, 0) is 46.6 Å². The normalized spacial score (nSPS) is 11.2. The molecule has 2 heterocycles. The van der Waals surface area contributed by atoms with Gasteiger partial charge in [0.05, 0.1) is 17.2 Å². The van der Waals surface area contributed by atoms with Crippen LogP contribution >= 0.6 is 27.5 Å². The van der Waals surface area contributed by atoms with E-state index < -0.39 is 0 Å². The van der Waals surface area contributed by atoms with Crippen LogP contribution in [0.3, 0.4) is 0 Å². The lowest BCUT2D eigenvalue weighted by Gasteiger charge is -2.02. The highest BCUT2D eigenvalue weighted by molar-refractivity contribution is 9.10. The Morgan fingerprint density at radius 3 is 2.73 bits per heavy atom. The second-order valence-corrected chi connectivity index (χ2v) is 6.89. The number of hydrogen-bond acceptors (Lipinski definition) is 3. The molecule has 2 aromatic heterocycles. The molecule has 1 amide bonds. The van der Waals surface area contributed by atoms with E-state index in [2.05, 4.69) is 31.4 Å². The topological polar surface area (TPSA) is 64.7 Å². The highest BCUT2D eigenvalue weighted by Crippen LogP contribution is 2.21. The number of nitrogens with one attached hydrogen (secondary N) is 1. The molecule has 0 saturated heterocycles. The van der Waals surface area contributed by atoms with Crippen LogP contribution in [0.25, 0.3) is 6.08 Å². The van der Waals surface area contributed by atoms with Crippen molar-refractivity contribution in [2.75, 3.05) is 5.32 Å². The molecule has 0 atom stereocenters. The first kappa shape index (κ1) is 18.4. The summed E-state index contributed by atoms with van der Waals surface area (Å²) in [6, 6.07) is 7.55. The van der Waals surface area contributed by atoms with Gasteiger partial charge in [0.15, 0.2) is 5.82 Å². The summed E-state index contributed by atoms with van der Waals surface area (Å²) in [6.45, 7) is 3.38. The monoisotopic (exact) mass is 433 g/mol. The molecule has 0 unspecified atom stereocenters. The number of aryl methyl sites for hydroxylation is 1. The van der Waals surface area contributed by atoms with Gasteiger partial charge in [-0.25, -0.2) is 0 Å². The summed E-state index contributed by atoms with van der Waals surface area (Å²) in [7, 11) is 0. The number of carbonyl (C=O) groups is 1. The molecule has 134 valence electrons. The van der Waals surface area contributed by atoms with E-state index in [4.69, 9.17) is 11.6 Å². The molecule has 0 saturated carbocycles. The number of aromatic nitrogens is 4. The fraction of sp³-hybridized carbons (Fsp3) is 0.167. The van der Waals surface area contributed by atoms with E-state index in [1.165, 1.54) is 6.08 Å². The van der Waals surface area contributed by atoms with Gasteiger partial charge >= 0.3 is 0 Å². The van der Waals surface area contributed by atoms with Crippen molar-refractivity contribution in [2.45, 2.75) is 20.0 Å². The van der Waals surface area contributed by atoms with Crippen LogP contribution in [0, 0.1) is 0 Å². The highest BCUT2D eigenvalue weighted by Gasteiger charge is 2.09. The summed E-state index contributed by atoms with van der Waals surface area (Å²) in [5.74, 6) is 0.213. The SMILES string of the molecule is CCn1cc(/C=C/C(=O)Nc2nn(Cc3ccc(Cl)cc3)cc2Br)cn1. The largest absolute Gasteiger partial charge is 0.305 e. The Kier molecular flexibility index (Phi) is 5.90. The third-order valence-corrected chi connectivity index (χ3v) is 4.45. The van der Waals surface area contributed by atoms with Gasteiger partial charge < -0.3 is 5.32 Å². The van der Waals surface area contributed by atoms with E-state index in [9.17, 15) is 4.79 Å². The smallest absolute Gasteiger partial charge is 0.249 e. The summed E-state index contributed by atoms with van der Waals surface area (Å²) >= 11 is 9.32. The molecule has 0 fully saturated rings. The van der Waals surface area contributed by atoms with E-state index in [0.717, 1.165) is 17.7 Å². The summed E-state index contributed by atoms with van der Waals surface area (Å²) in [4.78, 5) is 12.1. The Hall–Kier alpha value is -2.38. The first-order valence-electron chi connectivity index (χ1n) is 8.02. The zero-order valence-corrected chi connectivity index (χ0v) is 16.4. The standard InChI is InChI=1S/C18H17BrClN5O/c1-2-24-11-14(9-21-24)5-8-17(26)22-18-16(19)12-25(23-18)10-13-3-6-15(20)7-4-13/h3-9,11-12H,2,10H2,1H3,(H,22,23,26)/b8-5+. The van der Waals surface area contributed by atoms with Crippen molar-refractivity contribution in [3.8, 4) is 0 Å². The molecule has 0 aliphatic heterocycles. The van der Waals surface area contributed by atoms with Crippen LogP contribution in [-0.2, 0) is 17.9 Å². The molecule has 8 heteroatoms. The molecule has 26 heavy (non-hydrogen) atoms. The van der Waals surface area contributed by atoms with Gasteiger partial charge in [0.1, 0.15) is 0 Å². The summed E-state index contributed by atoms with van der Waals surface area (Å²) in [5.41, 5.74) is 1.93. The lowest BCUT2D eigenvalue weighted by molar-refractivity contribution is -0.111. The Bertz CT molecular complexity index is 929. The first-order valence-corrected chi connectivity index (χ1v) is 9.19. The number of nitrogens with zero attached hydrogens (tertiary/aromatic N) is 4. The van der Waals surface area contributed by atoms with E-state index >= 15 is 0 Å². The fourth-order valence-corrected chi connectivity index (χ4v) is 2.85. The molecule has 6 nitrogen and oxygen atoms in total. The maximum atomic E-state index is 12.1. The van der Waals surface area contributed by atoms with Crippen LogP contribution in [-0.4, -0.2) is 25.5 Å². The van der Waals surface area contributed by atoms with Crippen molar-refractivity contribution in [3.63, 3.8) is 0 Å². The molecule has 0 spiro atoms. The average molecular weight is 435 g/mol. The number of hydrogen-bond donors (Lipinski definition) is 1. The molecular weight excluding hydrogens is 418 g/mol. The lowest BCUT2D eigenvalue weighted by atomic mass is 10.2. The number of halogens is 2. The molecular formula is C18H17BrClN5O. The minimum absolute atomic E-state index is 0.258. The second kappa shape index (κ2) is 8.33. The minimum atomic E-state index is -0.258. The number of anilines is 1. The molecule has 0 aliphatic rings. The third kappa shape index (κ3) is 4.83. The van der Waals surface area contributed by atoms with Gasteiger partial charge in [-0.1, -0.05) is 23.7 Å². The summed E-state index contributed by atoms with van der Waals surface area (Å²) in [5, 5.41) is 12.0. The maximum absolute atomic E-state index is 12.1. The van der Waals surface area contributed by atoms with Crippen molar-refractivity contribution in [3.05, 3.63) is 69.6 Å². The van der Waals surface area contributed by atoms with Crippen LogP contribution in [0.5, 0.6) is 0 Å². The van der Waals surface area contributed by atoms with Gasteiger partial charge in [-0.15, -0.1) is 0 Å². The van der Waals surface area contributed by atoms with Crippen molar-refractivity contribution in [1.29, 1.82) is 0 Å². The van der Waals surface area contributed by atoms with Crippen LogP contribution in [0.15, 0.2) is 53.4 Å². The summed E-state index contributed by atoms with van der Waals surface area (Å²) in [6.07, 6.45) is 8.58. The van der Waals surface area contributed by atoms with E-state index in [1.54, 1.807) is 21.6 Å². The van der Waals surface area contributed by atoms with Gasteiger partial charge in [0.2, 0.25) is 5.91 Å². The van der Waals surface area contributed by atoms with Crippen molar-refractivity contribution in [1.82, 2.24) is 19.6 Å². The van der Waals surface area contributed by atoms with Gasteiger partial charge in [0.25, 0.3) is 0 Å². The van der Waals surface area contributed by atoms with Crippen molar-refractivity contribution in [2.24, 2.45) is 0 Å². The number of benzene rings is 1. The molecule has 1 N–H and O–H groups in total. The van der Waals surface area contributed by atoms with Crippen LogP contribution in [0.1, 0.15) is 18.1 Å². The molecule has 0 radical (unpaired) electrons. The number of amides is 1. The predicted octanol–water partition coefficient (Wildman–Crippen LogP) is 4.22. The van der Waals surface area contributed by atoms with Gasteiger partial charge in [-0.3, -0.25) is 14.2 Å². The van der Waals surface area contributed by atoms with E-state index in [0.29, 0.717) is 21.9 Å². The van der Waals surface area contributed by atoms with Crippen LogP contribution in [0.2, 0.25) is 5.02 Å². The zero-order chi connectivity index (χ0) is 18.5. The zero-order valence-electron chi connectivity index (χ0n) is 14.1. The number of carbonyl (C=O) groups excluding carboxylic acids is 1. The third-order valence-electron chi connectivity index (χ3n) is 3.62. The molecule has 3 rings (SSSR count). The second-order valence-electron chi connectivity index (χ2n) is 5.60. The van der Waals surface area contributed by atoms with Gasteiger partial charge in [0, 0.05) is 35.6 Å². The molecule has 0 bridgehead atoms. The Morgan fingerprint density at radius 2 is 2.04 bits per heavy atom. The minimum Gasteiger partial charge on any atom is -0.305 e. The molecule has 3 aromatic rings. The Morgan fingerprint density at radius 1 is 1.27 bits per heavy atom. The highest BCUT2D eigenvalue weighted by atomic mass is 79.9. The maximum Gasteiger partial charge on any atom is 0.249 e.